The highest BCUT2D eigenvalue weighted by Gasteiger charge is 2.36. The summed E-state index contributed by atoms with van der Waals surface area (Å²) in [7, 11) is 0. The van der Waals surface area contributed by atoms with Gasteiger partial charge in [-0.3, -0.25) is 0 Å². The molecular weight excluding hydrogens is 130 g/mol. The molecule has 0 aromatic heterocycles. The van der Waals surface area contributed by atoms with Gasteiger partial charge in [0.15, 0.2) is 0 Å². The first kappa shape index (κ1) is 5.77. The molecule has 1 N–H and O–H groups in total. The molecule has 1 amide bonds. The van der Waals surface area contributed by atoms with Gasteiger partial charge in [0.2, 0.25) is 0 Å². The maximum absolute atomic E-state index is 10.5. The predicted molar refractivity (Wildman–Crippen MR) is 35.8 cm³/mol. The lowest BCUT2D eigenvalue weighted by atomic mass is 10.2. The van der Waals surface area contributed by atoms with E-state index in [0.717, 1.165) is 6.42 Å². The van der Waals surface area contributed by atoms with Crippen molar-refractivity contribution in [2.24, 2.45) is 5.92 Å². The minimum Gasteiger partial charge on any atom is -0.465 e. The van der Waals surface area contributed by atoms with Crippen LogP contribution in [0.25, 0.3) is 0 Å². The summed E-state index contributed by atoms with van der Waals surface area (Å²) in [6.45, 7) is 0.705. The molecule has 2 aliphatic rings. The quantitative estimate of drug-likeness (QED) is 0.507. The van der Waals surface area contributed by atoms with Gasteiger partial charge in [0, 0.05) is 6.54 Å². The van der Waals surface area contributed by atoms with Gasteiger partial charge in [-0.2, -0.15) is 0 Å². The zero-order valence-corrected chi connectivity index (χ0v) is 5.53. The van der Waals surface area contributed by atoms with Crippen molar-refractivity contribution >= 4 is 6.09 Å². The average molecular weight is 139 g/mol. The number of rotatable bonds is 0. The predicted octanol–water partition coefficient (Wildman–Crippen LogP) is 0.925. The Hall–Kier alpha value is -0.990. The molecular formula is C7H9NO2. The summed E-state index contributed by atoms with van der Waals surface area (Å²) in [5.74, 6) is 0.501. The van der Waals surface area contributed by atoms with Crippen molar-refractivity contribution in [3.63, 3.8) is 0 Å². The maximum atomic E-state index is 10.5. The number of carbonyl (C=O) groups is 1. The summed E-state index contributed by atoms with van der Waals surface area (Å²) in [4.78, 5) is 12.0. The zero-order chi connectivity index (χ0) is 7.14. The van der Waals surface area contributed by atoms with E-state index in [4.69, 9.17) is 5.11 Å². The third kappa shape index (κ3) is 0.632. The summed E-state index contributed by atoms with van der Waals surface area (Å²) >= 11 is 0. The first-order valence-electron chi connectivity index (χ1n) is 3.45. The van der Waals surface area contributed by atoms with Gasteiger partial charge in [0.25, 0.3) is 0 Å². The van der Waals surface area contributed by atoms with Gasteiger partial charge in [0.05, 0.1) is 6.04 Å². The third-order valence-corrected chi connectivity index (χ3v) is 2.23. The number of fused-ring (bicyclic) bond motifs is 2. The molecule has 1 aliphatic heterocycles. The van der Waals surface area contributed by atoms with Crippen LogP contribution in [-0.4, -0.2) is 28.7 Å². The van der Waals surface area contributed by atoms with Crippen LogP contribution in [0.4, 0.5) is 4.79 Å². The van der Waals surface area contributed by atoms with Crippen LogP contribution in [0.3, 0.4) is 0 Å². The molecule has 3 heteroatoms. The van der Waals surface area contributed by atoms with Crippen molar-refractivity contribution in [2.45, 2.75) is 12.5 Å². The van der Waals surface area contributed by atoms with Gasteiger partial charge in [-0.25, -0.2) is 4.79 Å². The van der Waals surface area contributed by atoms with Crippen molar-refractivity contribution in [1.29, 1.82) is 0 Å². The van der Waals surface area contributed by atoms with Crippen LogP contribution < -0.4 is 0 Å². The van der Waals surface area contributed by atoms with E-state index in [1.165, 1.54) is 4.90 Å². The molecule has 0 radical (unpaired) electrons. The van der Waals surface area contributed by atoms with Gasteiger partial charge in [0.1, 0.15) is 0 Å². The summed E-state index contributed by atoms with van der Waals surface area (Å²) < 4.78 is 0. The Labute approximate surface area is 58.9 Å². The second-order valence-corrected chi connectivity index (χ2v) is 2.88. The van der Waals surface area contributed by atoms with E-state index in [-0.39, 0.29) is 6.04 Å². The maximum Gasteiger partial charge on any atom is 0.407 e. The molecule has 10 heavy (non-hydrogen) atoms. The molecule has 2 atom stereocenters. The van der Waals surface area contributed by atoms with Crippen molar-refractivity contribution < 1.29 is 9.90 Å². The van der Waals surface area contributed by atoms with E-state index in [9.17, 15) is 4.79 Å². The smallest absolute Gasteiger partial charge is 0.407 e. The van der Waals surface area contributed by atoms with Gasteiger partial charge in [-0.15, -0.1) is 0 Å². The van der Waals surface area contributed by atoms with Crippen LogP contribution in [0.1, 0.15) is 6.42 Å². The number of amides is 1. The first-order valence-corrected chi connectivity index (χ1v) is 3.45. The Bertz CT molecular complexity index is 200. The molecule has 0 aromatic rings. The second kappa shape index (κ2) is 1.75. The van der Waals surface area contributed by atoms with E-state index < -0.39 is 6.09 Å². The van der Waals surface area contributed by atoms with E-state index >= 15 is 0 Å². The summed E-state index contributed by atoms with van der Waals surface area (Å²) in [5, 5.41) is 8.63. The van der Waals surface area contributed by atoms with Crippen molar-refractivity contribution in [1.82, 2.24) is 4.90 Å². The van der Waals surface area contributed by atoms with Gasteiger partial charge in [-0.05, 0) is 12.3 Å². The molecule has 0 spiro atoms. The molecule has 1 aliphatic carbocycles. The number of likely N-dealkylation sites (tertiary alicyclic amines) is 1. The van der Waals surface area contributed by atoms with E-state index in [2.05, 4.69) is 6.08 Å². The van der Waals surface area contributed by atoms with Gasteiger partial charge >= 0.3 is 6.09 Å². The van der Waals surface area contributed by atoms with Crippen LogP contribution in [0, 0.1) is 5.92 Å². The molecule has 3 nitrogen and oxygen atoms in total. The zero-order valence-electron chi connectivity index (χ0n) is 5.53. The third-order valence-electron chi connectivity index (χ3n) is 2.23. The summed E-state index contributed by atoms with van der Waals surface area (Å²) in [5.41, 5.74) is 0. The fraction of sp³-hybridized carbons (Fsp3) is 0.571. The number of nitrogens with zero attached hydrogens (tertiary/aromatic N) is 1. The monoisotopic (exact) mass is 139 g/mol. The highest BCUT2D eigenvalue weighted by molar-refractivity contribution is 5.66. The van der Waals surface area contributed by atoms with E-state index in [1.54, 1.807) is 0 Å². The number of carboxylic acid groups (broad SMARTS) is 1. The highest BCUT2D eigenvalue weighted by Crippen LogP contribution is 2.30. The standard InChI is InChI=1S/C7H9NO2/c9-7(10)8-4-5-1-2-6(8)3-5/h1-2,5-6H,3-4H2,(H,9,10)/t5-,6+/m1/s1. The summed E-state index contributed by atoms with van der Waals surface area (Å²) in [6.07, 6.45) is 4.33. The molecule has 2 bridgehead atoms. The van der Waals surface area contributed by atoms with E-state index in [0.29, 0.717) is 12.5 Å². The number of hydrogen-bond donors (Lipinski definition) is 1. The highest BCUT2D eigenvalue weighted by atomic mass is 16.4. The van der Waals surface area contributed by atoms with Crippen LogP contribution in [0.5, 0.6) is 0 Å². The Balaban J connectivity index is 2.16. The fourth-order valence-corrected chi connectivity index (χ4v) is 1.73. The first-order chi connectivity index (χ1) is 4.77. The Morgan fingerprint density at radius 3 is 2.70 bits per heavy atom. The lowest BCUT2D eigenvalue weighted by Gasteiger charge is -2.19. The molecule has 1 saturated heterocycles. The molecule has 1 fully saturated rings. The Morgan fingerprint density at radius 2 is 2.40 bits per heavy atom. The van der Waals surface area contributed by atoms with E-state index in [1.807, 2.05) is 6.08 Å². The van der Waals surface area contributed by atoms with Gasteiger partial charge < -0.3 is 10.0 Å². The largest absolute Gasteiger partial charge is 0.465 e. The topological polar surface area (TPSA) is 40.5 Å². The normalized spacial score (nSPS) is 35.4. The summed E-state index contributed by atoms with van der Waals surface area (Å²) in [6, 6.07) is 0.183. The van der Waals surface area contributed by atoms with Crippen molar-refractivity contribution in [2.75, 3.05) is 6.54 Å². The minimum atomic E-state index is -0.781. The van der Waals surface area contributed by atoms with Crippen LogP contribution in [-0.2, 0) is 0 Å². The van der Waals surface area contributed by atoms with Crippen molar-refractivity contribution in [3.8, 4) is 0 Å². The molecule has 2 rings (SSSR count). The van der Waals surface area contributed by atoms with Gasteiger partial charge in [-0.1, -0.05) is 12.2 Å². The Morgan fingerprint density at radius 1 is 1.60 bits per heavy atom. The molecule has 0 aromatic carbocycles. The van der Waals surface area contributed by atoms with Crippen LogP contribution >= 0.6 is 0 Å². The molecule has 54 valence electrons. The van der Waals surface area contributed by atoms with Crippen LogP contribution in [0.15, 0.2) is 12.2 Å². The SMILES string of the molecule is O=C(O)N1C[C@@H]2C=C[C@H]1C2. The number of hydrogen-bond acceptors (Lipinski definition) is 1. The van der Waals surface area contributed by atoms with Crippen LogP contribution in [0.2, 0.25) is 0 Å². The lowest BCUT2D eigenvalue weighted by Crippen LogP contribution is -2.34. The fourth-order valence-electron chi connectivity index (χ4n) is 1.73. The molecule has 1 heterocycles. The second-order valence-electron chi connectivity index (χ2n) is 2.88. The molecule has 0 saturated carbocycles. The van der Waals surface area contributed by atoms with Crippen molar-refractivity contribution in [3.05, 3.63) is 12.2 Å². The lowest BCUT2D eigenvalue weighted by molar-refractivity contribution is 0.145. The molecule has 0 unspecified atom stereocenters. The average Bonchev–Trinajstić information content (AvgIpc) is 2.44. The Kier molecular flexibility index (Phi) is 1.01. The minimum absolute atomic E-state index is 0.183.